The van der Waals surface area contributed by atoms with Crippen LogP contribution in [0, 0.1) is 5.92 Å². The number of hydrogen-bond acceptors (Lipinski definition) is 3. The van der Waals surface area contributed by atoms with Crippen LogP contribution >= 0.6 is 23.2 Å². The largest absolute Gasteiger partial charge is 0.449 e. The first-order valence-electron chi connectivity index (χ1n) is 7.91. The molecule has 1 aliphatic carbocycles. The van der Waals surface area contributed by atoms with Crippen molar-refractivity contribution in [2.75, 3.05) is 6.54 Å². The minimum Gasteiger partial charge on any atom is -0.449 e. The number of nitrogens with one attached hydrogen (secondary N) is 1. The second kappa shape index (κ2) is 8.55. The Hall–Kier alpha value is -1.26. The third-order valence-corrected chi connectivity index (χ3v) is 4.93. The zero-order valence-corrected chi connectivity index (χ0v) is 14.6. The lowest BCUT2D eigenvalue weighted by molar-refractivity contribution is -0.129. The van der Waals surface area contributed by atoms with Crippen molar-refractivity contribution in [2.24, 2.45) is 5.92 Å². The third kappa shape index (κ3) is 5.11. The maximum absolute atomic E-state index is 12.1. The fourth-order valence-electron chi connectivity index (χ4n) is 2.72. The standard InChI is InChI=1S/C17H21Cl2NO3/c1-11(16(21)20-10-12-6-3-2-4-7-12)23-17(22)13-8-5-9-14(18)15(13)19/h5,8-9,11-12H,2-4,6-7,10H2,1H3,(H,20,21)/t11-/m0/s1. The zero-order valence-electron chi connectivity index (χ0n) is 13.1. The Kier molecular flexibility index (Phi) is 6.72. The number of benzene rings is 1. The Morgan fingerprint density at radius 1 is 1.26 bits per heavy atom. The molecule has 0 bridgehead atoms. The Balaban J connectivity index is 1.85. The van der Waals surface area contributed by atoms with Crippen molar-refractivity contribution in [3.8, 4) is 0 Å². The van der Waals surface area contributed by atoms with E-state index >= 15 is 0 Å². The van der Waals surface area contributed by atoms with Crippen LogP contribution in [-0.4, -0.2) is 24.5 Å². The SMILES string of the molecule is C[C@H](OC(=O)c1cccc(Cl)c1Cl)C(=O)NCC1CCCCC1. The van der Waals surface area contributed by atoms with E-state index in [9.17, 15) is 9.59 Å². The van der Waals surface area contributed by atoms with Crippen molar-refractivity contribution in [2.45, 2.75) is 45.1 Å². The molecule has 0 radical (unpaired) electrons. The molecule has 0 heterocycles. The van der Waals surface area contributed by atoms with Gasteiger partial charge in [0.2, 0.25) is 0 Å². The summed E-state index contributed by atoms with van der Waals surface area (Å²) >= 11 is 11.9. The van der Waals surface area contributed by atoms with Gasteiger partial charge in [-0.15, -0.1) is 0 Å². The molecule has 1 amide bonds. The van der Waals surface area contributed by atoms with Gasteiger partial charge in [0, 0.05) is 6.54 Å². The van der Waals surface area contributed by atoms with Gasteiger partial charge < -0.3 is 10.1 Å². The summed E-state index contributed by atoms with van der Waals surface area (Å²) in [5.41, 5.74) is 0.158. The molecule has 1 N–H and O–H groups in total. The van der Waals surface area contributed by atoms with Gasteiger partial charge >= 0.3 is 5.97 Å². The fourth-order valence-corrected chi connectivity index (χ4v) is 3.10. The molecule has 0 spiro atoms. The van der Waals surface area contributed by atoms with Crippen molar-refractivity contribution < 1.29 is 14.3 Å². The van der Waals surface area contributed by atoms with Crippen LogP contribution in [0.5, 0.6) is 0 Å². The van der Waals surface area contributed by atoms with E-state index < -0.39 is 12.1 Å². The number of carbonyl (C=O) groups excluding carboxylic acids is 2. The van der Waals surface area contributed by atoms with E-state index in [0.717, 1.165) is 12.8 Å². The van der Waals surface area contributed by atoms with E-state index in [4.69, 9.17) is 27.9 Å². The predicted molar refractivity (Wildman–Crippen MR) is 90.9 cm³/mol. The van der Waals surface area contributed by atoms with E-state index in [1.807, 2.05) is 0 Å². The Morgan fingerprint density at radius 3 is 2.65 bits per heavy atom. The molecule has 1 fully saturated rings. The number of halogens is 2. The van der Waals surface area contributed by atoms with Crippen molar-refractivity contribution in [3.05, 3.63) is 33.8 Å². The molecule has 1 aliphatic rings. The first-order chi connectivity index (χ1) is 11.0. The molecule has 0 aliphatic heterocycles. The highest BCUT2D eigenvalue weighted by Crippen LogP contribution is 2.26. The Morgan fingerprint density at radius 2 is 1.96 bits per heavy atom. The van der Waals surface area contributed by atoms with Crippen molar-refractivity contribution in [1.82, 2.24) is 5.32 Å². The average Bonchev–Trinajstić information content (AvgIpc) is 2.55. The normalized spacial score (nSPS) is 16.7. The highest BCUT2D eigenvalue weighted by molar-refractivity contribution is 6.43. The van der Waals surface area contributed by atoms with Gasteiger partial charge in [-0.1, -0.05) is 48.5 Å². The maximum Gasteiger partial charge on any atom is 0.340 e. The molecule has 0 unspecified atom stereocenters. The number of rotatable bonds is 5. The monoisotopic (exact) mass is 357 g/mol. The van der Waals surface area contributed by atoms with E-state index in [-0.39, 0.29) is 21.5 Å². The summed E-state index contributed by atoms with van der Waals surface area (Å²) in [6, 6.07) is 4.71. The van der Waals surface area contributed by atoms with Gasteiger partial charge in [-0.05, 0) is 37.8 Å². The number of ether oxygens (including phenoxy) is 1. The van der Waals surface area contributed by atoms with Crippen molar-refractivity contribution in [1.29, 1.82) is 0 Å². The van der Waals surface area contributed by atoms with Gasteiger partial charge in [-0.3, -0.25) is 4.79 Å². The number of carbonyl (C=O) groups is 2. The molecule has 1 aromatic carbocycles. The molecule has 4 nitrogen and oxygen atoms in total. The van der Waals surface area contributed by atoms with Crippen LogP contribution in [0.25, 0.3) is 0 Å². The quantitative estimate of drug-likeness (QED) is 0.802. The fraction of sp³-hybridized carbons (Fsp3) is 0.529. The van der Waals surface area contributed by atoms with Gasteiger partial charge in [0.15, 0.2) is 6.10 Å². The van der Waals surface area contributed by atoms with Gasteiger partial charge in [0.05, 0.1) is 15.6 Å². The molecule has 0 aromatic heterocycles. The molecule has 2 rings (SSSR count). The number of hydrogen-bond donors (Lipinski definition) is 1. The Labute approximate surface area is 146 Å². The molecular weight excluding hydrogens is 337 g/mol. The highest BCUT2D eigenvalue weighted by atomic mass is 35.5. The molecule has 126 valence electrons. The lowest BCUT2D eigenvalue weighted by Gasteiger charge is -2.22. The minimum absolute atomic E-state index is 0.133. The highest BCUT2D eigenvalue weighted by Gasteiger charge is 2.22. The van der Waals surface area contributed by atoms with Gasteiger partial charge in [0.25, 0.3) is 5.91 Å². The molecule has 23 heavy (non-hydrogen) atoms. The van der Waals surface area contributed by atoms with Crippen LogP contribution in [0.3, 0.4) is 0 Å². The summed E-state index contributed by atoms with van der Waals surface area (Å²) in [6.07, 6.45) is 5.13. The van der Waals surface area contributed by atoms with Crippen LogP contribution in [0.4, 0.5) is 0 Å². The lowest BCUT2D eigenvalue weighted by Crippen LogP contribution is -2.38. The van der Waals surface area contributed by atoms with E-state index in [0.29, 0.717) is 12.5 Å². The van der Waals surface area contributed by atoms with Crippen LogP contribution in [-0.2, 0) is 9.53 Å². The van der Waals surface area contributed by atoms with Crippen molar-refractivity contribution in [3.63, 3.8) is 0 Å². The van der Waals surface area contributed by atoms with E-state index in [2.05, 4.69) is 5.32 Å². The summed E-state index contributed by atoms with van der Waals surface area (Å²) in [6.45, 7) is 2.19. The minimum atomic E-state index is -0.874. The first-order valence-corrected chi connectivity index (χ1v) is 8.67. The molecular formula is C17H21Cl2NO3. The average molecular weight is 358 g/mol. The van der Waals surface area contributed by atoms with Crippen LogP contribution in [0.2, 0.25) is 10.0 Å². The summed E-state index contributed by atoms with van der Waals surface area (Å²) in [5.74, 6) is -0.419. The lowest BCUT2D eigenvalue weighted by atomic mass is 9.89. The Bertz CT molecular complexity index is 571. The van der Waals surface area contributed by atoms with Gasteiger partial charge in [-0.2, -0.15) is 0 Å². The molecule has 1 saturated carbocycles. The van der Waals surface area contributed by atoms with E-state index in [1.165, 1.54) is 25.3 Å². The van der Waals surface area contributed by atoms with Crippen LogP contribution in [0.15, 0.2) is 18.2 Å². The summed E-state index contributed by atoms with van der Waals surface area (Å²) < 4.78 is 5.18. The second-order valence-corrected chi connectivity index (χ2v) is 6.68. The number of amides is 1. The summed E-state index contributed by atoms with van der Waals surface area (Å²) in [7, 11) is 0. The molecule has 1 aromatic rings. The van der Waals surface area contributed by atoms with E-state index in [1.54, 1.807) is 19.1 Å². The first kappa shape index (κ1) is 18.1. The van der Waals surface area contributed by atoms with Crippen LogP contribution < -0.4 is 5.32 Å². The van der Waals surface area contributed by atoms with Crippen LogP contribution in [0.1, 0.15) is 49.4 Å². The number of esters is 1. The third-order valence-electron chi connectivity index (χ3n) is 4.11. The second-order valence-electron chi connectivity index (χ2n) is 5.90. The molecule has 6 heteroatoms. The van der Waals surface area contributed by atoms with Gasteiger partial charge in [0.1, 0.15) is 0 Å². The molecule has 0 saturated heterocycles. The summed E-state index contributed by atoms with van der Waals surface area (Å²) in [5, 5.41) is 3.27. The zero-order chi connectivity index (χ0) is 16.8. The summed E-state index contributed by atoms with van der Waals surface area (Å²) in [4.78, 5) is 24.2. The van der Waals surface area contributed by atoms with Crippen molar-refractivity contribution >= 4 is 35.1 Å². The van der Waals surface area contributed by atoms with Gasteiger partial charge in [-0.25, -0.2) is 4.79 Å². The topological polar surface area (TPSA) is 55.4 Å². The smallest absolute Gasteiger partial charge is 0.340 e. The molecule has 1 atom stereocenters. The maximum atomic E-state index is 12.1. The predicted octanol–water partition coefficient (Wildman–Crippen LogP) is 4.24.